The fraction of sp³-hybridized carbons (Fsp3) is 0.118. The molecule has 0 spiro atoms. The van der Waals surface area contributed by atoms with Crippen molar-refractivity contribution in [2.24, 2.45) is 0 Å². The largest absolute Gasteiger partial charge is 0.495 e. The van der Waals surface area contributed by atoms with Gasteiger partial charge >= 0.3 is 0 Å². The lowest BCUT2D eigenvalue weighted by Gasteiger charge is -2.12. The Labute approximate surface area is 155 Å². The molecule has 1 heterocycles. The van der Waals surface area contributed by atoms with Crippen molar-refractivity contribution in [3.8, 4) is 5.75 Å². The molecular weight excluding hydrogens is 361 g/mol. The highest BCUT2D eigenvalue weighted by Crippen LogP contribution is 2.29. The Morgan fingerprint density at radius 1 is 1.00 bits per heavy atom. The summed E-state index contributed by atoms with van der Waals surface area (Å²) in [6.07, 6.45) is 1.53. The molecule has 0 aliphatic carbocycles. The van der Waals surface area contributed by atoms with Gasteiger partial charge in [-0.25, -0.2) is 0 Å². The predicted octanol–water partition coefficient (Wildman–Crippen LogP) is 4.98. The van der Waals surface area contributed by atoms with E-state index >= 15 is 0 Å². The van der Waals surface area contributed by atoms with Gasteiger partial charge in [-0.3, -0.25) is 0 Å². The number of methoxy groups -OCH3 is 1. The molecule has 0 fully saturated rings. The molecule has 0 saturated heterocycles. The van der Waals surface area contributed by atoms with E-state index in [1.54, 1.807) is 25.3 Å². The molecular formula is C17H15Cl2N5O. The summed E-state index contributed by atoms with van der Waals surface area (Å²) in [7, 11) is 1.62. The van der Waals surface area contributed by atoms with Gasteiger partial charge in [-0.1, -0.05) is 29.3 Å². The molecule has 2 N–H and O–H groups in total. The number of nitrogens with one attached hydrogen (secondary N) is 2. The summed E-state index contributed by atoms with van der Waals surface area (Å²) in [6.45, 7) is 2.00. The molecule has 1 aromatic heterocycles. The standard InChI is InChI=1S/C17H15Cl2N5O/c1-10-3-6-15(25-2)14(7-10)22-16-9-20-24-17(23-16)21-11-4-5-12(18)13(19)8-11/h3-9H,1-2H3,(H2,21,22,23,24). The average Bonchev–Trinajstić information content (AvgIpc) is 2.59. The Kier molecular flexibility index (Phi) is 5.21. The number of rotatable bonds is 5. The van der Waals surface area contributed by atoms with Crippen LogP contribution in [0.2, 0.25) is 10.0 Å². The van der Waals surface area contributed by atoms with E-state index in [2.05, 4.69) is 25.8 Å². The number of nitrogens with zero attached hydrogens (tertiary/aromatic N) is 3. The van der Waals surface area contributed by atoms with Crippen molar-refractivity contribution in [2.45, 2.75) is 6.92 Å². The molecule has 0 saturated carbocycles. The maximum absolute atomic E-state index is 6.01. The first-order chi connectivity index (χ1) is 12.0. The molecule has 0 bridgehead atoms. The van der Waals surface area contributed by atoms with E-state index in [1.807, 2.05) is 25.1 Å². The zero-order chi connectivity index (χ0) is 17.8. The molecule has 3 aromatic rings. The molecule has 0 atom stereocenters. The first-order valence-electron chi connectivity index (χ1n) is 7.38. The highest BCUT2D eigenvalue weighted by Gasteiger charge is 2.07. The van der Waals surface area contributed by atoms with Crippen molar-refractivity contribution in [3.05, 3.63) is 58.2 Å². The fourth-order valence-corrected chi connectivity index (χ4v) is 2.48. The number of aryl methyl sites for hydroxylation is 1. The number of benzene rings is 2. The highest BCUT2D eigenvalue weighted by molar-refractivity contribution is 6.42. The third-order valence-electron chi connectivity index (χ3n) is 3.35. The predicted molar refractivity (Wildman–Crippen MR) is 101 cm³/mol. The molecule has 0 radical (unpaired) electrons. The van der Waals surface area contributed by atoms with Crippen molar-refractivity contribution in [2.75, 3.05) is 17.7 Å². The highest BCUT2D eigenvalue weighted by atomic mass is 35.5. The third-order valence-corrected chi connectivity index (χ3v) is 4.09. The molecule has 2 aromatic carbocycles. The molecule has 6 nitrogen and oxygen atoms in total. The van der Waals surface area contributed by atoms with Crippen LogP contribution in [0.3, 0.4) is 0 Å². The van der Waals surface area contributed by atoms with Crippen LogP contribution in [-0.4, -0.2) is 22.3 Å². The minimum absolute atomic E-state index is 0.329. The van der Waals surface area contributed by atoms with E-state index in [4.69, 9.17) is 27.9 Å². The number of halogens is 2. The van der Waals surface area contributed by atoms with Crippen LogP contribution >= 0.6 is 23.2 Å². The molecule has 0 amide bonds. The Hall–Kier alpha value is -2.57. The summed E-state index contributed by atoms with van der Waals surface area (Å²) in [5.74, 6) is 1.57. The van der Waals surface area contributed by atoms with Gasteiger partial charge in [0.1, 0.15) is 5.75 Å². The van der Waals surface area contributed by atoms with Crippen molar-refractivity contribution >= 4 is 46.3 Å². The van der Waals surface area contributed by atoms with E-state index in [-0.39, 0.29) is 0 Å². The first-order valence-corrected chi connectivity index (χ1v) is 8.14. The number of hydrogen-bond acceptors (Lipinski definition) is 6. The van der Waals surface area contributed by atoms with E-state index in [0.717, 1.165) is 11.3 Å². The van der Waals surface area contributed by atoms with E-state index in [0.29, 0.717) is 33.2 Å². The zero-order valence-electron chi connectivity index (χ0n) is 13.5. The third kappa shape index (κ3) is 4.29. The summed E-state index contributed by atoms with van der Waals surface area (Å²) in [5, 5.41) is 15.1. The Bertz CT molecular complexity index is 904. The minimum Gasteiger partial charge on any atom is -0.495 e. The van der Waals surface area contributed by atoms with E-state index < -0.39 is 0 Å². The second kappa shape index (κ2) is 7.55. The van der Waals surface area contributed by atoms with Gasteiger partial charge in [-0.05, 0) is 42.8 Å². The molecule has 128 valence electrons. The smallest absolute Gasteiger partial charge is 0.249 e. The maximum Gasteiger partial charge on any atom is 0.249 e. The molecule has 0 aliphatic rings. The van der Waals surface area contributed by atoms with E-state index in [1.165, 1.54) is 6.20 Å². The average molecular weight is 376 g/mol. The van der Waals surface area contributed by atoms with Gasteiger partial charge in [0.25, 0.3) is 0 Å². The van der Waals surface area contributed by atoms with Gasteiger partial charge in [0.2, 0.25) is 5.95 Å². The summed E-state index contributed by atoms with van der Waals surface area (Å²) < 4.78 is 5.35. The van der Waals surface area contributed by atoms with Crippen molar-refractivity contribution < 1.29 is 4.74 Å². The quantitative estimate of drug-likeness (QED) is 0.654. The van der Waals surface area contributed by atoms with Crippen LogP contribution < -0.4 is 15.4 Å². The second-order valence-corrected chi connectivity index (χ2v) is 6.06. The molecule has 25 heavy (non-hydrogen) atoms. The van der Waals surface area contributed by atoms with Crippen molar-refractivity contribution in [3.63, 3.8) is 0 Å². The van der Waals surface area contributed by atoms with Crippen LogP contribution in [0.1, 0.15) is 5.56 Å². The van der Waals surface area contributed by atoms with Gasteiger partial charge < -0.3 is 15.4 Å². The minimum atomic E-state index is 0.329. The fourth-order valence-electron chi connectivity index (χ4n) is 2.18. The monoisotopic (exact) mass is 375 g/mol. The van der Waals surface area contributed by atoms with Crippen LogP contribution in [0, 0.1) is 6.92 Å². The van der Waals surface area contributed by atoms with Crippen LogP contribution in [0.25, 0.3) is 0 Å². The number of ether oxygens (including phenoxy) is 1. The number of aromatic nitrogens is 3. The van der Waals surface area contributed by atoms with Gasteiger partial charge in [-0.15, -0.1) is 5.10 Å². The van der Waals surface area contributed by atoms with Crippen LogP contribution in [0.15, 0.2) is 42.6 Å². The topological polar surface area (TPSA) is 72.0 Å². The molecule has 0 aliphatic heterocycles. The van der Waals surface area contributed by atoms with E-state index in [9.17, 15) is 0 Å². The second-order valence-electron chi connectivity index (χ2n) is 5.25. The summed E-state index contributed by atoms with van der Waals surface area (Å²) in [5.41, 5.74) is 2.60. The van der Waals surface area contributed by atoms with Crippen molar-refractivity contribution in [1.82, 2.24) is 15.2 Å². The molecule has 3 rings (SSSR count). The summed E-state index contributed by atoms with van der Waals surface area (Å²) in [4.78, 5) is 4.39. The van der Waals surface area contributed by atoms with Gasteiger partial charge in [0.05, 0.1) is 29.0 Å². The Morgan fingerprint density at radius 3 is 2.60 bits per heavy atom. The lowest BCUT2D eigenvalue weighted by atomic mass is 10.2. The maximum atomic E-state index is 6.01. The van der Waals surface area contributed by atoms with Gasteiger partial charge in [-0.2, -0.15) is 10.1 Å². The van der Waals surface area contributed by atoms with Crippen LogP contribution in [-0.2, 0) is 0 Å². The van der Waals surface area contributed by atoms with Gasteiger partial charge in [0.15, 0.2) is 5.82 Å². The molecule has 0 unspecified atom stereocenters. The normalized spacial score (nSPS) is 10.4. The Balaban J connectivity index is 1.82. The zero-order valence-corrected chi connectivity index (χ0v) is 15.1. The molecule has 8 heteroatoms. The number of hydrogen-bond donors (Lipinski definition) is 2. The SMILES string of the molecule is COc1ccc(C)cc1Nc1cnnc(Nc2ccc(Cl)c(Cl)c2)n1. The van der Waals surface area contributed by atoms with Crippen molar-refractivity contribution in [1.29, 1.82) is 0 Å². The summed E-state index contributed by atoms with van der Waals surface area (Å²) >= 11 is 11.9. The lowest BCUT2D eigenvalue weighted by Crippen LogP contribution is -2.03. The first kappa shape index (κ1) is 17.3. The lowest BCUT2D eigenvalue weighted by molar-refractivity contribution is 0.416. The Morgan fingerprint density at radius 2 is 1.84 bits per heavy atom. The summed E-state index contributed by atoms with van der Waals surface area (Å²) in [6, 6.07) is 11.0. The van der Waals surface area contributed by atoms with Crippen LogP contribution in [0.4, 0.5) is 23.1 Å². The van der Waals surface area contributed by atoms with Gasteiger partial charge in [0, 0.05) is 5.69 Å². The van der Waals surface area contributed by atoms with Crippen LogP contribution in [0.5, 0.6) is 5.75 Å². The number of anilines is 4.